The second kappa shape index (κ2) is 13.3. The van der Waals surface area contributed by atoms with Gasteiger partial charge in [0.1, 0.15) is 12.4 Å². The second-order valence-electron chi connectivity index (χ2n) is 11.4. The Labute approximate surface area is 259 Å². The lowest BCUT2D eigenvalue weighted by Gasteiger charge is -2.35. The van der Waals surface area contributed by atoms with Crippen LogP contribution in [0, 0.1) is 0 Å². The number of para-hydroxylation sites is 1. The number of benzene rings is 4. The molecule has 1 aliphatic rings. The first kappa shape index (κ1) is 29.4. The van der Waals surface area contributed by atoms with Crippen LogP contribution in [0.25, 0.3) is 10.9 Å². The van der Waals surface area contributed by atoms with Gasteiger partial charge in [0.2, 0.25) is 0 Å². The standard InChI is InChI=1S/C38H39NO5/c1-3-41-37(40)27-42-32-20-17-30(18-21-32)38(2,39-24-23-29-13-7-10-16-34(29)39)31-19-22-35(43-26-28-11-5-4-6-12-28)36(25-31)44-33-14-8-9-15-33/h4-7,10-13,16-25,33H,3,8-9,14-15,26-27H2,1-2H3. The van der Waals surface area contributed by atoms with Gasteiger partial charge in [-0.2, -0.15) is 0 Å². The summed E-state index contributed by atoms with van der Waals surface area (Å²) in [6.45, 7) is 4.68. The van der Waals surface area contributed by atoms with Gasteiger partial charge in [-0.3, -0.25) is 0 Å². The Bertz CT molecular complexity index is 1690. The molecule has 1 saturated carbocycles. The molecule has 1 atom stereocenters. The molecule has 0 saturated heterocycles. The molecule has 0 spiro atoms. The molecule has 4 aromatic carbocycles. The number of ether oxygens (including phenoxy) is 4. The van der Waals surface area contributed by atoms with Gasteiger partial charge >= 0.3 is 5.97 Å². The highest BCUT2D eigenvalue weighted by Crippen LogP contribution is 2.42. The molecular formula is C38H39NO5. The van der Waals surface area contributed by atoms with E-state index in [1.54, 1.807) is 6.92 Å². The number of rotatable bonds is 12. The van der Waals surface area contributed by atoms with Crippen LogP contribution in [0.5, 0.6) is 17.2 Å². The van der Waals surface area contributed by atoms with Gasteiger partial charge in [0, 0.05) is 11.7 Å². The van der Waals surface area contributed by atoms with E-state index in [0.717, 1.165) is 46.5 Å². The summed E-state index contributed by atoms with van der Waals surface area (Å²) in [6.07, 6.45) is 6.79. The van der Waals surface area contributed by atoms with Crippen LogP contribution < -0.4 is 14.2 Å². The normalized spacial score (nSPS) is 14.7. The Hall–Kier alpha value is -4.71. The molecule has 0 aliphatic heterocycles. The molecule has 6 nitrogen and oxygen atoms in total. The zero-order chi connectivity index (χ0) is 30.4. The maximum Gasteiger partial charge on any atom is 0.344 e. The SMILES string of the molecule is CCOC(=O)COc1ccc(C(C)(c2ccc(OCc3ccccc3)c(OC3CCCC3)c2)n2ccc3ccccc32)cc1. The lowest BCUT2D eigenvalue weighted by molar-refractivity contribution is -0.145. The molecule has 1 unspecified atom stereocenters. The van der Waals surface area contributed by atoms with Crippen LogP contribution in [0.15, 0.2) is 109 Å². The summed E-state index contributed by atoms with van der Waals surface area (Å²) in [4.78, 5) is 11.8. The van der Waals surface area contributed by atoms with Crippen molar-refractivity contribution in [2.75, 3.05) is 13.2 Å². The monoisotopic (exact) mass is 589 g/mol. The van der Waals surface area contributed by atoms with E-state index in [2.05, 4.69) is 84.4 Å². The maximum atomic E-state index is 11.8. The summed E-state index contributed by atoms with van der Waals surface area (Å²) >= 11 is 0. The van der Waals surface area contributed by atoms with Gasteiger partial charge in [0.15, 0.2) is 18.1 Å². The van der Waals surface area contributed by atoms with Crippen LogP contribution in [0.4, 0.5) is 0 Å². The highest BCUT2D eigenvalue weighted by Gasteiger charge is 2.33. The fraction of sp³-hybridized carbons (Fsp3) is 0.289. The first-order valence-electron chi connectivity index (χ1n) is 15.5. The van der Waals surface area contributed by atoms with E-state index in [1.165, 1.54) is 18.2 Å². The molecule has 0 amide bonds. The van der Waals surface area contributed by atoms with E-state index < -0.39 is 5.54 Å². The Morgan fingerprint density at radius 2 is 1.55 bits per heavy atom. The van der Waals surface area contributed by atoms with E-state index >= 15 is 0 Å². The number of hydrogen-bond donors (Lipinski definition) is 0. The van der Waals surface area contributed by atoms with Crippen LogP contribution >= 0.6 is 0 Å². The highest BCUT2D eigenvalue weighted by molar-refractivity contribution is 5.81. The second-order valence-corrected chi connectivity index (χ2v) is 11.4. The molecular weight excluding hydrogens is 550 g/mol. The summed E-state index contributed by atoms with van der Waals surface area (Å²) in [5.41, 5.74) is 3.76. The van der Waals surface area contributed by atoms with Gasteiger partial charge in [0.25, 0.3) is 0 Å². The first-order valence-corrected chi connectivity index (χ1v) is 15.5. The number of hydrogen-bond acceptors (Lipinski definition) is 5. The van der Waals surface area contributed by atoms with Crippen LogP contribution in [0.2, 0.25) is 0 Å². The van der Waals surface area contributed by atoms with Gasteiger partial charge < -0.3 is 23.5 Å². The minimum absolute atomic E-state index is 0.126. The van der Waals surface area contributed by atoms with E-state index in [0.29, 0.717) is 19.0 Å². The Kier molecular flexibility index (Phi) is 8.87. The first-order chi connectivity index (χ1) is 21.5. The third kappa shape index (κ3) is 6.30. The molecule has 6 heteroatoms. The number of fused-ring (bicyclic) bond motifs is 1. The molecule has 1 aromatic heterocycles. The van der Waals surface area contributed by atoms with E-state index in [4.69, 9.17) is 18.9 Å². The van der Waals surface area contributed by atoms with Crippen molar-refractivity contribution in [3.05, 3.63) is 126 Å². The van der Waals surface area contributed by atoms with Crippen molar-refractivity contribution < 1.29 is 23.7 Å². The minimum Gasteiger partial charge on any atom is -0.487 e. The summed E-state index contributed by atoms with van der Waals surface area (Å²) in [7, 11) is 0. The summed E-state index contributed by atoms with van der Waals surface area (Å²) in [6, 6.07) is 35.0. The van der Waals surface area contributed by atoms with Crippen LogP contribution in [0.1, 0.15) is 56.2 Å². The van der Waals surface area contributed by atoms with Crippen molar-refractivity contribution in [1.82, 2.24) is 4.57 Å². The number of esters is 1. The fourth-order valence-corrected chi connectivity index (χ4v) is 6.08. The van der Waals surface area contributed by atoms with Crippen molar-refractivity contribution in [2.24, 2.45) is 0 Å². The van der Waals surface area contributed by atoms with Crippen LogP contribution in [-0.4, -0.2) is 29.9 Å². The number of carbonyl (C=O) groups excluding carboxylic acids is 1. The Morgan fingerprint density at radius 3 is 2.32 bits per heavy atom. The predicted molar refractivity (Wildman–Crippen MR) is 172 cm³/mol. The van der Waals surface area contributed by atoms with Gasteiger partial charge in [-0.05, 0) is 98.0 Å². The van der Waals surface area contributed by atoms with Crippen LogP contribution in [0.3, 0.4) is 0 Å². The minimum atomic E-state index is -0.603. The van der Waals surface area contributed by atoms with E-state index in [1.807, 2.05) is 36.4 Å². The molecule has 5 aromatic rings. The maximum absolute atomic E-state index is 11.8. The average molecular weight is 590 g/mol. The molecule has 1 heterocycles. The smallest absolute Gasteiger partial charge is 0.344 e. The average Bonchev–Trinajstić information content (AvgIpc) is 3.74. The topological polar surface area (TPSA) is 58.9 Å². The van der Waals surface area contributed by atoms with Gasteiger partial charge in [-0.1, -0.05) is 66.7 Å². The zero-order valence-corrected chi connectivity index (χ0v) is 25.4. The molecule has 0 radical (unpaired) electrons. The molecule has 226 valence electrons. The third-order valence-corrected chi connectivity index (χ3v) is 8.50. The fourth-order valence-electron chi connectivity index (χ4n) is 6.08. The molecule has 0 N–H and O–H groups in total. The van der Waals surface area contributed by atoms with Crippen molar-refractivity contribution in [3.63, 3.8) is 0 Å². The summed E-state index contributed by atoms with van der Waals surface area (Å²) < 4.78 is 26.1. The number of carbonyl (C=O) groups is 1. The van der Waals surface area contributed by atoms with Crippen molar-refractivity contribution >= 4 is 16.9 Å². The largest absolute Gasteiger partial charge is 0.487 e. The third-order valence-electron chi connectivity index (χ3n) is 8.50. The molecule has 0 bridgehead atoms. The molecule has 44 heavy (non-hydrogen) atoms. The lowest BCUT2D eigenvalue weighted by Crippen LogP contribution is -2.32. The van der Waals surface area contributed by atoms with Crippen molar-refractivity contribution in [2.45, 2.75) is 57.8 Å². The molecule has 6 rings (SSSR count). The van der Waals surface area contributed by atoms with E-state index in [9.17, 15) is 4.79 Å². The number of aromatic nitrogens is 1. The van der Waals surface area contributed by atoms with Crippen LogP contribution in [-0.2, 0) is 21.7 Å². The predicted octanol–water partition coefficient (Wildman–Crippen LogP) is 8.30. The Balaban J connectivity index is 1.40. The number of nitrogens with zero attached hydrogens (tertiary/aromatic N) is 1. The van der Waals surface area contributed by atoms with Gasteiger partial charge in [-0.15, -0.1) is 0 Å². The summed E-state index contributed by atoms with van der Waals surface area (Å²) in [5, 5.41) is 1.17. The quantitative estimate of drug-likeness (QED) is 0.137. The zero-order valence-electron chi connectivity index (χ0n) is 25.4. The van der Waals surface area contributed by atoms with Gasteiger partial charge in [-0.25, -0.2) is 4.79 Å². The molecule has 1 fully saturated rings. The molecule has 1 aliphatic carbocycles. The Morgan fingerprint density at radius 1 is 0.818 bits per heavy atom. The van der Waals surface area contributed by atoms with Crippen molar-refractivity contribution in [1.29, 1.82) is 0 Å². The summed E-state index contributed by atoms with van der Waals surface area (Å²) in [5.74, 6) is 1.73. The van der Waals surface area contributed by atoms with E-state index in [-0.39, 0.29) is 18.7 Å². The lowest BCUT2D eigenvalue weighted by atomic mass is 9.83. The highest BCUT2D eigenvalue weighted by atomic mass is 16.6. The van der Waals surface area contributed by atoms with Crippen molar-refractivity contribution in [3.8, 4) is 17.2 Å². The van der Waals surface area contributed by atoms with Gasteiger partial charge in [0.05, 0.1) is 18.2 Å².